The molecule has 0 N–H and O–H groups in total. The van der Waals surface area contributed by atoms with E-state index in [4.69, 9.17) is 0 Å². The molecule has 0 heterocycles. The quantitative estimate of drug-likeness (QED) is 0.554. The first-order valence-electron chi connectivity index (χ1n) is 3.27. The minimum Gasteiger partial charge on any atom is -0.469 e. The summed E-state index contributed by atoms with van der Waals surface area (Å²) in [5, 5.41) is 0. The number of carbonyl (C=O) groups excluding carboxylic acids is 2. The lowest BCUT2D eigenvalue weighted by atomic mass is 10.3. The fourth-order valence-electron chi connectivity index (χ4n) is 0.470. The third kappa shape index (κ3) is 5.39. The molecule has 0 saturated carbocycles. The van der Waals surface area contributed by atoms with Gasteiger partial charge in [0.15, 0.2) is 0 Å². The van der Waals surface area contributed by atoms with Gasteiger partial charge in [-0.15, -0.1) is 0 Å². The van der Waals surface area contributed by atoms with Gasteiger partial charge >= 0.3 is 11.9 Å². The lowest BCUT2D eigenvalue weighted by molar-refractivity contribution is -0.145. The molecule has 0 atom stereocenters. The standard InChI is InChI=1S/C7H11O4/c1-3-11-7(9)5-4-6(8)10-2/h4H,3,5H2,1-2H3. The molecule has 0 aromatic heterocycles. The molecule has 0 bridgehead atoms. The molecule has 0 aromatic rings. The first kappa shape index (κ1) is 9.94. The van der Waals surface area contributed by atoms with E-state index in [1.807, 2.05) is 0 Å². The van der Waals surface area contributed by atoms with Gasteiger partial charge in [-0.25, -0.2) is 0 Å². The Morgan fingerprint density at radius 3 is 2.55 bits per heavy atom. The smallest absolute Gasteiger partial charge is 0.310 e. The number of ether oxygens (including phenoxy) is 2. The highest BCUT2D eigenvalue weighted by molar-refractivity contribution is 5.85. The molecule has 0 spiro atoms. The molecule has 0 rings (SSSR count). The zero-order valence-corrected chi connectivity index (χ0v) is 6.62. The zero-order valence-electron chi connectivity index (χ0n) is 6.62. The fraction of sp³-hybridized carbons (Fsp3) is 0.571. The fourth-order valence-corrected chi connectivity index (χ4v) is 0.470. The van der Waals surface area contributed by atoms with Crippen molar-refractivity contribution in [1.29, 1.82) is 0 Å². The van der Waals surface area contributed by atoms with Gasteiger partial charge in [-0.3, -0.25) is 9.59 Å². The van der Waals surface area contributed by atoms with E-state index < -0.39 is 11.9 Å². The normalized spacial score (nSPS) is 8.91. The summed E-state index contributed by atoms with van der Waals surface area (Å²) in [7, 11) is 1.25. The van der Waals surface area contributed by atoms with Crippen molar-refractivity contribution in [3.63, 3.8) is 0 Å². The molecule has 0 fully saturated rings. The zero-order chi connectivity index (χ0) is 8.69. The molecule has 0 aromatic carbocycles. The van der Waals surface area contributed by atoms with Crippen molar-refractivity contribution in [2.24, 2.45) is 0 Å². The summed E-state index contributed by atoms with van der Waals surface area (Å²) in [4.78, 5) is 21.0. The van der Waals surface area contributed by atoms with E-state index in [1.165, 1.54) is 7.11 Å². The molecule has 0 aliphatic rings. The van der Waals surface area contributed by atoms with Crippen molar-refractivity contribution in [3.05, 3.63) is 6.42 Å². The Hall–Kier alpha value is -1.06. The predicted octanol–water partition coefficient (Wildman–Crippen LogP) is 0.317. The Labute approximate surface area is 65.5 Å². The summed E-state index contributed by atoms with van der Waals surface area (Å²) in [6.45, 7) is 2.03. The Bertz CT molecular complexity index is 141. The maximum atomic E-state index is 10.6. The molecule has 4 heteroatoms. The summed E-state index contributed by atoms with van der Waals surface area (Å²) in [6.07, 6.45) is 1.11. The molecule has 63 valence electrons. The van der Waals surface area contributed by atoms with Crippen LogP contribution in [0.2, 0.25) is 0 Å². The minimum absolute atomic E-state index is 0.0273. The summed E-state index contributed by atoms with van der Waals surface area (Å²) < 4.78 is 8.84. The van der Waals surface area contributed by atoms with E-state index in [-0.39, 0.29) is 6.42 Å². The van der Waals surface area contributed by atoms with Crippen LogP contribution in [-0.2, 0) is 19.1 Å². The van der Waals surface area contributed by atoms with Gasteiger partial charge in [0.2, 0.25) is 0 Å². The molecule has 0 amide bonds. The molecule has 0 saturated heterocycles. The van der Waals surface area contributed by atoms with Crippen LogP contribution in [0, 0.1) is 6.42 Å². The van der Waals surface area contributed by atoms with Gasteiger partial charge in [0.25, 0.3) is 0 Å². The summed E-state index contributed by atoms with van der Waals surface area (Å²) >= 11 is 0. The van der Waals surface area contributed by atoms with Crippen molar-refractivity contribution in [2.75, 3.05) is 13.7 Å². The second-order valence-electron chi connectivity index (χ2n) is 1.74. The molecule has 0 aliphatic heterocycles. The number of hydrogen-bond acceptors (Lipinski definition) is 4. The topological polar surface area (TPSA) is 52.6 Å². The van der Waals surface area contributed by atoms with Gasteiger partial charge < -0.3 is 9.47 Å². The monoisotopic (exact) mass is 159 g/mol. The third-order valence-corrected chi connectivity index (χ3v) is 0.942. The van der Waals surface area contributed by atoms with Crippen molar-refractivity contribution < 1.29 is 19.1 Å². The molecule has 11 heavy (non-hydrogen) atoms. The van der Waals surface area contributed by atoms with Crippen LogP contribution < -0.4 is 0 Å². The Kier molecular flexibility index (Phi) is 5.15. The average molecular weight is 159 g/mol. The highest BCUT2D eigenvalue weighted by Crippen LogP contribution is 1.92. The van der Waals surface area contributed by atoms with Crippen molar-refractivity contribution in [1.82, 2.24) is 0 Å². The first-order valence-corrected chi connectivity index (χ1v) is 3.27. The molecule has 0 unspecified atom stereocenters. The third-order valence-electron chi connectivity index (χ3n) is 0.942. The van der Waals surface area contributed by atoms with E-state index in [0.29, 0.717) is 6.61 Å². The first-order chi connectivity index (χ1) is 5.20. The van der Waals surface area contributed by atoms with Gasteiger partial charge in [-0.1, -0.05) is 0 Å². The van der Waals surface area contributed by atoms with Crippen LogP contribution in [0.1, 0.15) is 13.3 Å². The van der Waals surface area contributed by atoms with Crippen LogP contribution in [0.15, 0.2) is 0 Å². The van der Waals surface area contributed by atoms with E-state index in [1.54, 1.807) is 6.92 Å². The minimum atomic E-state index is -0.516. The molecular formula is C7H11O4. The Balaban J connectivity index is 3.38. The number of carbonyl (C=O) groups is 2. The SMILES string of the molecule is CCOC(=O)C[CH]C(=O)OC. The van der Waals surface area contributed by atoms with Gasteiger partial charge in [-0.05, 0) is 6.92 Å². The molecule has 4 nitrogen and oxygen atoms in total. The van der Waals surface area contributed by atoms with Crippen LogP contribution in [0.25, 0.3) is 0 Å². The van der Waals surface area contributed by atoms with Gasteiger partial charge in [0.05, 0.1) is 26.6 Å². The largest absolute Gasteiger partial charge is 0.469 e. The summed E-state index contributed by atoms with van der Waals surface area (Å²) in [5.74, 6) is -0.934. The highest BCUT2D eigenvalue weighted by atomic mass is 16.5. The Morgan fingerprint density at radius 1 is 1.45 bits per heavy atom. The van der Waals surface area contributed by atoms with E-state index in [2.05, 4.69) is 9.47 Å². The molecular weight excluding hydrogens is 148 g/mol. The van der Waals surface area contributed by atoms with E-state index in [0.717, 1.165) is 6.42 Å². The maximum absolute atomic E-state index is 10.6. The highest BCUT2D eigenvalue weighted by Gasteiger charge is 2.06. The van der Waals surface area contributed by atoms with Crippen LogP contribution >= 0.6 is 0 Å². The van der Waals surface area contributed by atoms with Crippen LogP contribution in [0.5, 0.6) is 0 Å². The van der Waals surface area contributed by atoms with Gasteiger partial charge in [-0.2, -0.15) is 0 Å². The second-order valence-corrected chi connectivity index (χ2v) is 1.74. The van der Waals surface area contributed by atoms with Crippen LogP contribution in [0.4, 0.5) is 0 Å². The Morgan fingerprint density at radius 2 is 2.09 bits per heavy atom. The predicted molar refractivity (Wildman–Crippen MR) is 37.6 cm³/mol. The van der Waals surface area contributed by atoms with Crippen molar-refractivity contribution >= 4 is 11.9 Å². The van der Waals surface area contributed by atoms with Crippen molar-refractivity contribution in [3.8, 4) is 0 Å². The lowest BCUT2D eigenvalue weighted by Gasteiger charge is -1.99. The van der Waals surface area contributed by atoms with Crippen LogP contribution in [0.3, 0.4) is 0 Å². The number of esters is 2. The van der Waals surface area contributed by atoms with E-state index in [9.17, 15) is 9.59 Å². The molecule has 1 radical (unpaired) electrons. The summed E-state index contributed by atoms with van der Waals surface area (Å²) in [6, 6.07) is 0. The average Bonchev–Trinajstić information content (AvgIpc) is 2.01. The van der Waals surface area contributed by atoms with Crippen molar-refractivity contribution in [2.45, 2.75) is 13.3 Å². The van der Waals surface area contributed by atoms with Gasteiger partial charge in [0.1, 0.15) is 0 Å². The number of rotatable bonds is 4. The van der Waals surface area contributed by atoms with Crippen LogP contribution in [-0.4, -0.2) is 25.7 Å². The number of hydrogen-bond donors (Lipinski definition) is 0. The maximum Gasteiger partial charge on any atom is 0.310 e. The van der Waals surface area contributed by atoms with Gasteiger partial charge in [0, 0.05) is 0 Å². The summed E-state index contributed by atoms with van der Waals surface area (Å²) in [5.41, 5.74) is 0. The molecule has 0 aliphatic carbocycles. The lowest BCUT2D eigenvalue weighted by Crippen LogP contribution is -2.09. The second kappa shape index (κ2) is 5.70. The van der Waals surface area contributed by atoms with E-state index >= 15 is 0 Å². The number of methoxy groups -OCH3 is 1.